The number of allylic oxidation sites excluding steroid dienone is 2. The van der Waals surface area contributed by atoms with Crippen LogP contribution >= 0.6 is 0 Å². The van der Waals surface area contributed by atoms with Crippen molar-refractivity contribution in [3.8, 4) is 33.5 Å². The first-order valence-corrected chi connectivity index (χ1v) is 16.4. The molecule has 0 saturated heterocycles. The summed E-state index contributed by atoms with van der Waals surface area (Å²) in [6.07, 6.45) is 2.46. The van der Waals surface area contributed by atoms with Gasteiger partial charge in [-0.3, -0.25) is 9.78 Å². The van der Waals surface area contributed by atoms with E-state index in [4.69, 9.17) is 4.98 Å². The predicted molar refractivity (Wildman–Crippen MR) is 193 cm³/mol. The van der Waals surface area contributed by atoms with Gasteiger partial charge in [-0.05, 0) is 63.0 Å². The number of hydrogen-bond donors (Lipinski definition) is 1. The van der Waals surface area contributed by atoms with Gasteiger partial charge >= 0.3 is 0 Å². The first-order chi connectivity index (χ1) is 21.8. The molecule has 245 valence electrons. The summed E-state index contributed by atoms with van der Waals surface area (Å²) in [5.41, 5.74) is 13.2. The van der Waals surface area contributed by atoms with Crippen LogP contribution in [0.4, 0.5) is 0 Å². The normalized spacial score (nSPS) is 13.1. The zero-order chi connectivity index (χ0) is 33.2. The fourth-order valence-corrected chi connectivity index (χ4v) is 6.57. The smallest absolute Gasteiger partial charge is 0.159 e. The summed E-state index contributed by atoms with van der Waals surface area (Å²) >= 11 is 0. The molecule has 0 saturated carbocycles. The maximum Gasteiger partial charge on any atom is 0.159 e. The van der Waals surface area contributed by atoms with E-state index >= 15 is 0 Å². The van der Waals surface area contributed by atoms with Crippen molar-refractivity contribution >= 4 is 16.7 Å². The molecule has 4 aromatic carbocycles. The van der Waals surface area contributed by atoms with Gasteiger partial charge in [-0.15, -0.1) is 34.9 Å². The maximum absolute atomic E-state index is 11.2. The number of fused-ring (bicyclic) bond motifs is 4. The average molecular weight is 801 g/mol. The van der Waals surface area contributed by atoms with Gasteiger partial charge in [-0.1, -0.05) is 116 Å². The summed E-state index contributed by atoms with van der Waals surface area (Å²) in [6, 6.07) is 34.3. The van der Waals surface area contributed by atoms with E-state index in [-0.39, 0.29) is 37.1 Å². The Kier molecular flexibility index (Phi) is 11.4. The Bertz CT molecular complexity index is 1900. The standard InChI is InChI=1S/C32H26N.C11H20O2.Ir/c1-20-14-21(2)16-23(15-20)30-18-25(22-10-6-5-7-11-22)27-17-26-24-12-8-9-13-28(24)32(3,4)29(26)19-31(27)33-30;1-8(2)5-10(12)7-11(13)6-9(3)4;/h5-15,17-19H,1-4H3;7-9,12H,5-6H2,1-4H3;/q-1;;/b;10-7-;. The number of rotatable bonds is 7. The largest absolute Gasteiger partial charge is 0.512 e. The van der Waals surface area contributed by atoms with E-state index in [1.807, 2.05) is 27.7 Å². The Hall–Kier alpha value is -3.85. The fraction of sp³-hybridized carbons (Fsp3) is 0.302. The minimum atomic E-state index is -0.0449. The molecular weight excluding hydrogens is 755 g/mol. The minimum Gasteiger partial charge on any atom is -0.512 e. The van der Waals surface area contributed by atoms with E-state index in [2.05, 4.69) is 119 Å². The van der Waals surface area contributed by atoms with Gasteiger partial charge in [-0.2, -0.15) is 0 Å². The SMILES string of the molecule is CC(C)CC(=O)/C=C(\O)CC(C)C.Cc1[c-]c(-c2cc(-c3ccccc3)c3cc4c(cc3n2)C(C)(C)c2ccccc2-4)cc(C)c1.[Ir]. The number of aliphatic hydroxyl groups is 1. The first kappa shape index (κ1) is 36.0. The average Bonchev–Trinajstić information content (AvgIpc) is 3.20. The van der Waals surface area contributed by atoms with Crippen molar-refractivity contribution in [1.29, 1.82) is 0 Å². The van der Waals surface area contributed by atoms with Crippen molar-refractivity contribution in [3.63, 3.8) is 0 Å². The Morgan fingerprint density at radius 2 is 1.47 bits per heavy atom. The van der Waals surface area contributed by atoms with Gasteiger partial charge in [0.05, 0.1) is 11.3 Å². The van der Waals surface area contributed by atoms with E-state index in [0.717, 1.165) is 22.3 Å². The van der Waals surface area contributed by atoms with Gasteiger partial charge in [0.2, 0.25) is 0 Å². The summed E-state index contributed by atoms with van der Waals surface area (Å²) in [5.74, 6) is 0.979. The van der Waals surface area contributed by atoms with E-state index in [9.17, 15) is 9.90 Å². The molecule has 6 rings (SSSR count). The third-order valence-electron chi connectivity index (χ3n) is 8.58. The van der Waals surface area contributed by atoms with Crippen LogP contribution in [0.2, 0.25) is 0 Å². The van der Waals surface area contributed by atoms with Crippen molar-refractivity contribution in [3.05, 3.63) is 125 Å². The molecule has 0 aliphatic heterocycles. The van der Waals surface area contributed by atoms with Gasteiger partial charge < -0.3 is 5.11 Å². The van der Waals surface area contributed by atoms with Crippen LogP contribution in [-0.4, -0.2) is 15.9 Å². The third kappa shape index (κ3) is 8.18. The predicted octanol–water partition coefficient (Wildman–Crippen LogP) is 11.4. The molecule has 0 spiro atoms. The van der Waals surface area contributed by atoms with Crippen molar-refractivity contribution < 1.29 is 30.0 Å². The first-order valence-electron chi connectivity index (χ1n) is 16.4. The van der Waals surface area contributed by atoms with Crippen molar-refractivity contribution in [2.75, 3.05) is 0 Å². The molecule has 0 bridgehead atoms. The second-order valence-electron chi connectivity index (χ2n) is 14.1. The molecule has 1 aliphatic rings. The second kappa shape index (κ2) is 14.9. The van der Waals surface area contributed by atoms with E-state index < -0.39 is 0 Å². The number of carbonyl (C=O) groups is 1. The van der Waals surface area contributed by atoms with Crippen LogP contribution in [0.15, 0.2) is 96.8 Å². The zero-order valence-electron chi connectivity index (χ0n) is 28.9. The van der Waals surface area contributed by atoms with Crippen LogP contribution in [0, 0.1) is 31.7 Å². The molecule has 0 amide bonds. The Balaban J connectivity index is 0.000000307. The molecule has 4 heteroatoms. The molecule has 3 nitrogen and oxygen atoms in total. The summed E-state index contributed by atoms with van der Waals surface area (Å²) in [7, 11) is 0. The van der Waals surface area contributed by atoms with Gasteiger partial charge in [0.15, 0.2) is 5.78 Å². The van der Waals surface area contributed by atoms with Crippen molar-refractivity contribution in [2.45, 2.75) is 73.6 Å². The number of pyridine rings is 1. The third-order valence-corrected chi connectivity index (χ3v) is 8.58. The maximum atomic E-state index is 11.2. The van der Waals surface area contributed by atoms with Crippen LogP contribution in [0.5, 0.6) is 0 Å². The van der Waals surface area contributed by atoms with Gasteiger partial charge in [0.25, 0.3) is 0 Å². The Morgan fingerprint density at radius 1 is 0.809 bits per heavy atom. The number of carbonyl (C=O) groups excluding carboxylic acids is 1. The molecule has 1 aromatic heterocycles. The van der Waals surface area contributed by atoms with Crippen LogP contribution in [0.1, 0.15) is 76.6 Å². The van der Waals surface area contributed by atoms with E-state index in [1.165, 1.54) is 50.4 Å². The van der Waals surface area contributed by atoms with E-state index in [0.29, 0.717) is 24.7 Å². The molecular formula is C43H46IrNO2-. The molecule has 0 fully saturated rings. The van der Waals surface area contributed by atoms with Crippen LogP contribution in [-0.2, 0) is 30.3 Å². The summed E-state index contributed by atoms with van der Waals surface area (Å²) in [5, 5.41) is 10.5. The van der Waals surface area contributed by atoms with Crippen LogP contribution in [0.25, 0.3) is 44.4 Å². The molecule has 47 heavy (non-hydrogen) atoms. The van der Waals surface area contributed by atoms with Crippen LogP contribution in [0.3, 0.4) is 0 Å². The second-order valence-corrected chi connectivity index (χ2v) is 14.1. The van der Waals surface area contributed by atoms with Crippen molar-refractivity contribution in [2.24, 2.45) is 11.8 Å². The Morgan fingerprint density at radius 3 is 2.13 bits per heavy atom. The molecule has 0 atom stereocenters. The molecule has 0 unspecified atom stereocenters. The fourth-order valence-electron chi connectivity index (χ4n) is 6.57. The number of nitrogens with zero attached hydrogens (tertiary/aromatic N) is 1. The van der Waals surface area contributed by atoms with Crippen molar-refractivity contribution in [1.82, 2.24) is 4.98 Å². The number of ketones is 1. The van der Waals surface area contributed by atoms with Gasteiger partial charge in [0.1, 0.15) is 0 Å². The molecule has 1 N–H and O–H groups in total. The number of aromatic nitrogens is 1. The van der Waals surface area contributed by atoms with Gasteiger partial charge in [-0.25, -0.2) is 0 Å². The monoisotopic (exact) mass is 801 g/mol. The van der Waals surface area contributed by atoms with E-state index in [1.54, 1.807) is 0 Å². The number of aryl methyl sites for hydroxylation is 2. The number of aliphatic hydroxyl groups excluding tert-OH is 1. The zero-order valence-corrected chi connectivity index (χ0v) is 31.3. The molecule has 5 aromatic rings. The van der Waals surface area contributed by atoms with Gasteiger partial charge in [0, 0.05) is 49.8 Å². The topological polar surface area (TPSA) is 50.2 Å². The summed E-state index contributed by atoms with van der Waals surface area (Å²) in [6.45, 7) is 16.9. The number of benzene rings is 4. The quantitative estimate of drug-likeness (QED) is 0.101. The Labute approximate surface area is 294 Å². The summed E-state index contributed by atoms with van der Waals surface area (Å²) < 4.78 is 0. The molecule has 1 heterocycles. The molecule has 1 radical (unpaired) electrons. The van der Waals surface area contributed by atoms with Crippen LogP contribution < -0.4 is 0 Å². The minimum absolute atomic E-state index is 0. The number of hydrogen-bond acceptors (Lipinski definition) is 3. The summed E-state index contributed by atoms with van der Waals surface area (Å²) in [4.78, 5) is 16.4. The molecule has 1 aliphatic carbocycles.